The number of anilines is 2. The Morgan fingerprint density at radius 3 is 2.70 bits per heavy atom. The molecule has 1 aromatic heterocycles. The van der Waals surface area contributed by atoms with Gasteiger partial charge in [0.1, 0.15) is 10.6 Å². The molecule has 1 saturated heterocycles. The first-order valence-electron chi connectivity index (χ1n) is 7.13. The van der Waals surface area contributed by atoms with Crippen LogP contribution in [0.15, 0.2) is 0 Å². The second-order valence-corrected chi connectivity index (χ2v) is 6.31. The first-order chi connectivity index (χ1) is 9.69. The molecule has 2 fully saturated rings. The third-order valence-corrected chi connectivity index (χ3v) is 4.95. The van der Waals surface area contributed by atoms with E-state index in [1.165, 1.54) is 30.9 Å². The number of nitrogen functional groups attached to an aromatic ring is 1. The Labute approximate surface area is 123 Å². The van der Waals surface area contributed by atoms with Crippen molar-refractivity contribution < 1.29 is 4.79 Å². The summed E-state index contributed by atoms with van der Waals surface area (Å²) in [5.74, 6) is 1.12. The van der Waals surface area contributed by atoms with Gasteiger partial charge in [-0.25, -0.2) is 0 Å². The summed E-state index contributed by atoms with van der Waals surface area (Å²) in [6.45, 7) is 5.24. The Hall–Kier alpha value is -1.34. The van der Waals surface area contributed by atoms with Crippen molar-refractivity contribution in [1.82, 2.24) is 14.6 Å². The van der Waals surface area contributed by atoms with E-state index in [1.54, 1.807) is 7.05 Å². The van der Waals surface area contributed by atoms with Crippen LogP contribution in [0, 0.1) is 5.92 Å². The molecule has 6 nitrogen and oxygen atoms in total. The number of carbonyl (C=O) groups is 1. The van der Waals surface area contributed by atoms with Gasteiger partial charge in [-0.3, -0.25) is 9.69 Å². The van der Waals surface area contributed by atoms with Crippen LogP contribution in [0.25, 0.3) is 0 Å². The molecule has 1 aliphatic heterocycles. The zero-order valence-corrected chi connectivity index (χ0v) is 12.6. The molecule has 0 aromatic carbocycles. The Kier molecular flexibility index (Phi) is 3.80. The van der Waals surface area contributed by atoms with Crippen LogP contribution in [-0.4, -0.2) is 55.0 Å². The van der Waals surface area contributed by atoms with Crippen LogP contribution in [0.5, 0.6) is 0 Å². The third kappa shape index (κ3) is 2.73. The van der Waals surface area contributed by atoms with E-state index in [-0.39, 0.29) is 5.91 Å². The lowest BCUT2D eigenvalue weighted by Gasteiger charge is -2.35. The maximum absolute atomic E-state index is 11.9. The van der Waals surface area contributed by atoms with Crippen LogP contribution in [0.4, 0.5) is 10.8 Å². The monoisotopic (exact) mass is 295 g/mol. The Balaban J connectivity index is 1.66. The van der Waals surface area contributed by atoms with Crippen LogP contribution in [0.3, 0.4) is 0 Å². The van der Waals surface area contributed by atoms with Gasteiger partial charge in [-0.15, -0.1) is 0 Å². The lowest BCUT2D eigenvalue weighted by molar-refractivity contribution is 0.0964. The fraction of sp³-hybridized carbons (Fsp3) is 0.692. The van der Waals surface area contributed by atoms with Gasteiger partial charge in [0.05, 0.1) is 0 Å². The summed E-state index contributed by atoms with van der Waals surface area (Å²) in [5, 5.41) is 3.55. The first kappa shape index (κ1) is 13.6. The molecule has 0 spiro atoms. The summed E-state index contributed by atoms with van der Waals surface area (Å²) < 4.78 is 4.14. The van der Waals surface area contributed by atoms with E-state index < -0.39 is 0 Å². The van der Waals surface area contributed by atoms with E-state index in [4.69, 9.17) is 5.73 Å². The van der Waals surface area contributed by atoms with Gasteiger partial charge in [-0.1, -0.05) is 0 Å². The summed E-state index contributed by atoms with van der Waals surface area (Å²) >= 11 is 1.33. The molecular formula is C13H21N5OS. The quantitative estimate of drug-likeness (QED) is 0.851. The van der Waals surface area contributed by atoms with Crippen LogP contribution in [0.2, 0.25) is 0 Å². The van der Waals surface area contributed by atoms with Crippen molar-refractivity contribution in [2.24, 2.45) is 5.92 Å². The highest BCUT2D eigenvalue weighted by atomic mass is 32.1. The fourth-order valence-corrected chi connectivity index (χ4v) is 3.51. The van der Waals surface area contributed by atoms with Crippen LogP contribution < -0.4 is 16.0 Å². The molecular weight excluding hydrogens is 274 g/mol. The standard InChI is InChI=1S/C13H21N5OS/c1-15-12(19)10-11(14)16-20-13(10)18-6-4-17(5-7-18)8-9-2-3-9/h9H,2-8H2,1H3,(H2,14,16)(H,15,19). The number of nitrogens with two attached hydrogens (primary N) is 1. The molecule has 1 aromatic rings. The minimum Gasteiger partial charge on any atom is -0.382 e. The molecule has 0 unspecified atom stereocenters. The summed E-state index contributed by atoms with van der Waals surface area (Å²) in [7, 11) is 1.62. The second kappa shape index (κ2) is 5.57. The van der Waals surface area contributed by atoms with E-state index in [2.05, 4.69) is 19.5 Å². The number of rotatable bonds is 4. The summed E-state index contributed by atoms with van der Waals surface area (Å²) in [4.78, 5) is 16.7. The molecule has 0 bridgehead atoms. The highest BCUT2D eigenvalue weighted by Crippen LogP contribution is 2.33. The average molecular weight is 295 g/mol. The highest BCUT2D eigenvalue weighted by molar-refractivity contribution is 7.11. The van der Waals surface area contributed by atoms with Gasteiger partial charge in [-0.05, 0) is 30.3 Å². The van der Waals surface area contributed by atoms with Crippen molar-refractivity contribution in [3.8, 4) is 0 Å². The topological polar surface area (TPSA) is 74.5 Å². The van der Waals surface area contributed by atoms with E-state index in [9.17, 15) is 4.79 Å². The molecule has 0 radical (unpaired) electrons. The Morgan fingerprint density at radius 1 is 1.40 bits per heavy atom. The van der Waals surface area contributed by atoms with Gasteiger partial charge in [0.15, 0.2) is 5.82 Å². The predicted octanol–water partition coefficient (Wildman–Crippen LogP) is 0.617. The molecule has 2 aliphatic rings. The van der Waals surface area contributed by atoms with Crippen LogP contribution in [-0.2, 0) is 0 Å². The van der Waals surface area contributed by atoms with E-state index >= 15 is 0 Å². The minimum atomic E-state index is -0.147. The van der Waals surface area contributed by atoms with Crippen molar-refractivity contribution in [3.63, 3.8) is 0 Å². The smallest absolute Gasteiger partial charge is 0.257 e. The lowest BCUT2D eigenvalue weighted by Crippen LogP contribution is -2.47. The van der Waals surface area contributed by atoms with Crippen LogP contribution >= 0.6 is 11.5 Å². The molecule has 2 heterocycles. The lowest BCUT2D eigenvalue weighted by atomic mass is 10.2. The second-order valence-electron chi connectivity index (χ2n) is 5.56. The van der Waals surface area contributed by atoms with Gasteiger partial charge in [-0.2, -0.15) is 4.37 Å². The van der Waals surface area contributed by atoms with Gasteiger partial charge in [0.2, 0.25) is 0 Å². The van der Waals surface area contributed by atoms with E-state index in [0.29, 0.717) is 11.4 Å². The Morgan fingerprint density at radius 2 is 2.10 bits per heavy atom. The van der Waals surface area contributed by atoms with E-state index in [0.717, 1.165) is 37.1 Å². The number of amides is 1. The van der Waals surface area contributed by atoms with Gasteiger partial charge < -0.3 is 16.0 Å². The van der Waals surface area contributed by atoms with Crippen molar-refractivity contribution >= 4 is 28.3 Å². The predicted molar refractivity (Wildman–Crippen MR) is 81.3 cm³/mol. The maximum atomic E-state index is 11.9. The van der Waals surface area contributed by atoms with Gasteiger partial charge in [0, 0.05) is 39.8 Å². The molecule has 1 saturated carbocycles. The summed E-state index contributed by atoms with van der Waals surface area (Å²) in [5.41, 5.74) is 6.36. The van der Waals surface area contributed by atoms with Crippen molar-refractivity contribution in [1.29, 1.82) is 0 Å². The zero-order valence-electron chi connectivity index (χ0n) is 11.8. The van der Waals surface area contributed by atoms with Crippen molar-refractivity contribution in [2.45, 2.75) is 12.8 Å². The number of piperazine rings is 1. The zero-order chi connectivity index (χ0) is 14.1. The molecule has 1 amide bonds. The molecule has 3 N–H and O–H groups in total. The van der Waals surface area contributed by atoms with Gasteiger partial charge in [0.25, 0.3) is 5.91 Å². The number of hydrogen-bond acceptors (Lipinski definition) is 6. The number of nitrogens with zero attached hydrogens (tertiary/aromatic N) is 3. The normalized spacial score (nSPS) is 20.1. The first-order valence-corrected chi connectivity index (χ1v) is 7.91. The SMILES string of the molecule is CNC(=O)c1c(N)nsc1N1CCN(CC2CC2)CC1. The molecule has 20 heavy (non-hydrogen) atoms. The molecule has 3 rings (SSSR count). The number of hydrogen-bond donors (Lipinski definition) is 2. The number of aromatic nitrogens is 1. The molecule has 110 valence electrons. The molecule has 7 heteroatoms. The minimum absolute atomic E-state index is 0.147. The molecule has 1 aliphatic carbocycles. The summed E-state index contributed by atoms with van der Waals surface area (Å²) in [6, 6.07) is 0. The van der Waals surface area contributed by atoms with Crippen LogP contribution in [0.1, 0.15) is 23.2 Å². The van der Waals surface area contributed by atoms with Crippen molar-refractivity contribution in [3.05, 3.63) is 5.56 Å². The highest BCUT2D eigenvalue weighted by Gasteiger charge is 2.29. The average Bonchev–Trinajstić information content (AvgIpc) is 3.19. The maximum Gasteiger partial charge on any atom is 0.257 e. The Bertz CT molecular complexity index is 491. The third-order valence-electron chi connectivity index (χ3n) is 4.03. The number of nitrogens with one attached hydrogen (secondary N) is 1. The summed E-state index contributed by atoms with van der Waals surface area (Å²) in [6.07, 6.45) is 2.79. The number of carbonyl (C=O) groups excluding carboxylic acids is 1. The molecule has 0 atom stereocenters. The fourth-order valence-electron chi connectivity index (χ4n) is 2.65. The van der Waals surface area contributed by atoms with Crippen molar-refractivity contribution in [2.75, 3.05) is 50.4 Å². The van der Waals surface area contributed by atoms with Gasteiger partial charge >= 0.3 is 0 Å². The van der Waals surface area contributed by atoms with E-state index in [1.807, 2.05) is 0 Å². The largest absolute Gasteiger partial charge is 0.382 e.